The molecule has 0 aromatic heterocycles. The third-order valence-corrected chi connectivity index (χ3v) is 2.92. The van der Waals surface area contributed by atoms with E-state index in [-0.39, 0.29) is 0 Å². The van der Waals surface area contributed by atoms with Gasteiger partial charge in [0.2, 0.25) is 0 Å². The number of nitrogens with one attached hydrogen (secondary N) is 1. The van der Waals surface area contributed by atoms with Crippen LogP contribution in [0.4, 0.5) is 0 Å². The van der Waals surface area contributed by atoms with Crippen LogP contribution in [0.1, 0.15) is 78.1 Å². The van der Waals surface area contributed by atoms with Crippen LogP contribution in [0.2, 0.25) is 0 Å². The van der Waals surface area contributed by atoms with Gasteiger partial charge in [0.25, 0.3) is 0 Å². The highest BCUT2D eigenvalue weighted by Gasteiger charge is 1.94. The molecule has 0 bridgehead atoms. The van der Waals surface area contributed by atoms with Gasteiger partial charge in [-0.25, -0.2) is 0 Å². The zero-order valence-electron chi connectivity index (χ0n) is 11.2. The lowest BCUT2D eigenvalue weighted by Crippen LogP contribution is -1.90. The Balaban J connectivity index is 3.07. The minimum Gasteiger partial charge on any atom is -0.305 e. The van der Waals surface area contributed by atoms with Crippen LogP contribution >= 0.6 is 0 Å². The summed E-state index contributed by atoms with van der Waals surface area (Å²) in [7, 11) is 0. The van der Waals surface area contributed by atoms with E-state index in [2.05, 4.69) is 6.92 Å². The lowest BCUT2D eigenvalue weighted by Gasteiger charge is -2.01. The molecule has 94 valence electrons. The molecule has 0 saturated heterocycles. The van der Waals surface area contributed by atoms with Gasteiger partial charge in [-0.3, -0.25) is 0 Å². The third kappa shape index (κ3) is 11.5. The summed E-state index contributed by atoms with van der Waals surface area (Å²) in [5.41, 5.74) is 0.783. The number of rotatable bonds is 11. The van der Waals surface area contributed by atoms with E-state index in [4.69, 9.17) is 5.41 Å². The predicted octanol–water partition coefficient (Wildman–Crippen LogP) is 5.50. The molecule has 0 radical (unpaired) electrons. The Hall–Kier alpha value is -0.590. The zero-order chi connectivity index (χ0) is 12.1. The van der Waals surface area contributed by atoms with E-state index in [0.29, 0.717) is 0 Å². The highest BCUT2D eigenvalue weighted by atomic mass is 14.4. The molecular weight excluding hydrogens is 194 g/mol. The van der Waals surface area contributed by atoms with Gasteiger partial charge in [0, 0.05) is 5.71 Å². The Morgan fingerprint density at radius 1 is 0.875 bits per heavy atom. The molecule has 0 aliphatic carbocycles. The molecular formula is C15H29N. The van der Waals surface area contributed by atoms with E-state index in [0.717, 1.165) is 12.1 Å². The van der Waals surface area contributed by atoms with Crippen molar-refractivity contribution in [2.75, 3.05) is 0 Å². The molecule has 16 heavy (non-hydrogen) atoms. The van der Waals surface area contributed by atoms with Crippen molar-refractivity contribution in [2.24, 2.45) is 0 Å². The molecule has 0 aromatic rings. The monoisotopic (exact) mass is 223 g/mol. The summed E-state index contributed by atoms with van der Waals surface area (Å²) in [6, 6.07) is 0. The second-order valence-corrected chi connectivity index (χ2v) is 4.60. The van der Waals surface area contributed by atoms with Gasteiger partial charge < -0.3 is 5.41 Å². The number of hydrogen-bond acceptors (Lipinski definition) is 1. The van der Waals surface area contributed by atoms with Gasteiger partial charge in [0.15, 0.2) is 0 Å². The van der Waals surface area contributed by atoms with Gasteiger partial charge in [-0.15, -0.1) is 0 Å². The van der Waals surface area contributed by atoms with Crippen molar-refractivity contribution in [3.05, 3.63) is 12.2 Å². The molecule has 0 unspecified atom stereocenters. The third-order valence-electron chi connectivity index (χ3n) is 2.92. The van der Waals surface area contributed by atoms with Crippen molar-refractivity contribution in [1.29, 1.82) is 5.41 Å². The summed E-state index contributed by atoms with van der Waals surface area (Å²) in [6.45, 7) is 4.24. The Morgan fingerprint density at radius 3 is 1.88 bits per heavy atom. The number of hydrogen-bond donors (Lipinski definition) is 1. The highest BCUT2D eigenvalue weighted by molar-refractivity contribution is 5.91. The lowest BCUT2D eigenvalue weighted by atomic mass is 10.1. The summed E-state index contributed by atoms with van der Waals surface area (Å²) in [5, 5.41) is 7.59. The zero-order valence-corrected chi connectivity index (χ0v) is 11.2. The van der Waals surface area contributed by atoms with Crippen molar-refractivity contribution in [1.82, 2.24) is 0 Å². The van der Waals surface area contributed by atoms with Crippen LogP contribution < -0.4 is 0 Å². The summed E-state index contributed by atoms with van der Waals surface area (Å²) >= 11 is 0. The standard InChI is InChI=1S/C15H29N/c1-3-5-6-7-8-9-10-11-12-14-15(16)13-4-2/h4,13,16H,3,5-12,14H2,1-2H3/b13-4+,16-15?. The van der Waals surface area contributed by atoms with E-state index >= 15 is 0 Å². The van der Waals surface area contributed by atoms with Crippen molar-refractivity contribution in [3.63, 3.8) is 0 Å². The van der Waals surface area contributed by atoms with Crippen molar-refractivity contribution in [2.45, 2.75) is 78.1 Å². The molecule has 0 atom stereocenters. The van der Waals surface area contributed by atoms with E-state index in [1.165, 1.54) is 57.8 Å². The Labute approximate surface area is 102 Å². The van der Waals surface area contributed by atoms with Gasteiger partial charge in [0.05, 0.1) is 0 Å². The molecule has 0 aliphatic heterocycles. The SMILES string of the molecule is C/C=C/C(=N)CCCCCCCCCCC. The molecule has 0 heterocycles. The molecule has 0 rings (SSSR count). The Kier molecular flexibility index (Phi) is 12.0. The first-order valence-electron chi connectivity index (χ1n) is 7.01. The van der Waals surface area contributed by atoms with Crippen LogP contribution in [0.5, 0.6) is 0 Å². The van der Waals surface area contributed by atoms with Crippen molar-refractivity contribution >= 4 is 5.71 Å². The average Bonchev–Trinajstić information content (AvgIpc) is 2.27. The van der Waals surface area contributed by atoms with Gasteiger partial charge in [-0.05, 0) is 25.8 Å². The maximum atomic E-state index is 7.59. The summed E-state index contributed by atoms with van der Waals surface area (Å²) < 4.78 is 0. The van der Waals surface area contributed by atoms with Crippen LogP contribution in [-0.4, -0.2) is 5.71 Å². The van der Waals surface area contributed by atoms with Crippen LogP contribution in [0, 0.1) is 5.41 Å². The highest BCUT2D eigenvalue weighted by Crippen LogP contribution is 2.10. The van der Waals surface area contributed by atoms with Gasteiger partial charge in [-0.1, -0.05) is 64.4 Å². The molecule has 1 heteroatoms. The Bertz CT molecular complexity index is 182. The molecule has 1 N–H and O–H groups in total. The summed E-state index contributed by atoms with van der Waals surface area (Å²) in [6.07, 6.45) is 17.0. The number of unbranched alkanes of at least 4 members (excludes halogenated alkanes) is 8. The lowest BCUT2D eigenvalue weighted by molar-refractivity contribution is 0.568. The fourth-order valence-electron chi connectivity index (χ4n) is 1.91. The average molecular weight is 223 g/mol. The smallest absolute Gasteiger partial charge is 0.0310 e. The first-order chi connectivity index (χ1) is 7.81. The van der Waals surface area contributed by atoms with E-state index in [9.17, 15) is 0 Å². The Morgan fingerprint density at radius 2 is 1.38 bits per heavy atom. The van der Waals surface area contributed by atoms with Crippen LogP contribution in [0.3, 0.4) is 0 Å². The first kappa shape index (κ1) is 15.4. The quantitative estimate of drug-likeness (QED) is 0.353. The van der Waals surface area contributed by atoms with Gasteiger partial charge >= 0.3 is 0 Å². The van der Waals surface area contributed by atoms with E-state index < -0.39 is 0 Å². The predicted molar refractivity (Wildman–Crippen MR) is 74.4 cm³/mol. The fraction of sp³-hybridized carbons (Fsp3) is 0.800. The van der Waals surface area contributed by atoms with Crippen molar-refractivity contribution < 1.29 is 0 Å². The molecule has 0 aromatic carbocycles. The van der Waals surface area contributed by atoms with Gasteiger partial charge in [0.1, 0.15) is 0 Å². The molecule has 1 nitrogen and oxygen atoms in total. The summed E-state index contributed by atoms with van der Waals surface area (Å²) in [4.78, 5) is 0. The molecule has 0 saturated carbocycles. The van der Waals surface area contributed by atoms with Gasteiger partial charge in [-0.2, -0.15) is 0 Å². The normalized spacial score (nSPS) is 11.1. The molecule has 0 amide bonds. The minimum atomic E-state index is 0.783. The van der Waals surface area contributed by atoms with Crippen molar-refractivity contribution in [3.8, 4) is 0 Å². The largest absolute Gasteiger partial charge is 0.305 e. The minimum absolute atomic E-state index is 0.783. The van der Waals surface area contributed by atoms with Crippen LogP contribution in [0.25, 0.3) is 0 Å². The molecule has 0 aliphatic rings. The fourth-order valence-corrected chi connectivity index (χ4v) is 1.91. The topological polar surface area (TPSA) is 23.9 Å². The maximum Gasteiger partial charge on any atom is 0.0310 e. The number of allylic oxidation sites excluding steroid dienone is 2. The van der Waals surface area contributed by atoms with Crippen LogP contribution in [0.15, 0.2) is 12.2 Å². The maximum absolute atomic E-state index is 7.59. The molecule has 0 spiro atoms. The summed E-state index contributed by atoms with van der Waals surface area (Å²) in [5.74, 6) is 0. The first-order valence-corrected chi connectivity index (χ1v) is 7.01. The second-order valence-electron chi connectivity index (χ2n) is 4.60. The van der Waals surface area contributed by atoms with E-state index in [1.54, 1.807) is 0 Å². The van der Waals surface area contributed by atoms with Crippen LogP contribution in [-0.2, 0) is 0 Å². The second kappa shape index (κ2) is 12.5. The molecule has 0 fully saturated rings. The van der Waals surface area contributed by atoms with E-state index in [1.807, 2.05) is 19.1 Å².